The second-order valence-corrected chi connectivity index (χ2v) is 4.99. The Kier molecular flexibility index (Phi) is 2.26. The number of fused-ring (bicyclic) bond motifs is 1. The van der Waals surface area contributed by atoms with Crippen LogP contribution in [0.4, 0.5) is 0 Å². The largest absolute Gasteiger partial charge is 0.307 e. The van der Waals surface area contributed by atoms with E-state index >= 15 is 0 Å². The molecule has 3 aromatic rings. The second-order valence-electron chi connectivity index (χ2n) is 3.96. The number of nitrogens with zero attached hydrogens (tertiary/aromatic N) is 2. The van der Waals surface area contributed by atoms with Crippen LogP contribution in [0.2, 0.25) is 0 Å². The highest BCUT2D eigenvalue weighted by Gasteiger charge is 2.03. The van der Waals surface area contributed by atoms with Crippen molar-refractivity contribution < 1.29 is 0 Å². The van der Waals surface area contributed by atoms with Gasteiger partial charge < -0.3 is 4.40 Å². The summed E-state index contributed by atoms with van der Waals surface area (Å²) >= 11 is 1.78. The maximum atomic E-state index is 4.62. The highest BCUT2D eigenvalue weighted by Crippen LogP contribution is 2.15. The van der Waals surface area contributed by atoms with Crippen LogP contribution in [0.25, 0.3) is 5.65 Å². The Bertz CT molecular complexity index is 608. The summed E-state index contributed by atoms with van der Waals surface area (Å²) in [5.41, 5.74) is 3.42. The first-order chi connectivity index (χ1) is 7.81. The zero-order chi connectivity index (χ0) is 11.0. The fraction of sp³-hybridized carbons (Fsp3) is 0.154. The van der Waals surface area contributed by atoms with Crippen LogP contribution in [0.5, 0.6) is 0 Å². The van der Waals surface area contributed by atoms with Gasteiger partial charge in [-0.1, -0.05) is 6.07 Å². The molecule has 3 rings (SSSR count). The van der Waals surface area contributed by atoms with Crippen molar-refractivity contribution in [2.45, 2.75) is 13.3 Å². The van der Waals surface area contributed by atoms with Crippen LogP contribution in [0, 0.1) is 6.92 Å². The first-order valence-electron chi connectivity index (χ1n) is 5.28. The third kappa shape index (κ3) is 1.74. The standard InChI is InChI=1S/C13H12N2S/c1-10-4-5-15-9-11(14-13(15)7-10)8-12-3-2-6-16-12/h2-7,9H,8H2,1H3. The van der Waals surface area contributed by atoms with E-state index in [1.54, 1.807) is 11.3 Å². The molecule has 80 valence electrons. The lowest BCUT2D eigenvalue weighted by Gasteiger charge is -1.92. The van der Waals surface area contributed by atoms with Crippen LogP contribution in [-0.4, -0.2) is 9.38 Å². The minimum absolute atomic E-state index is 0.929. The Morgan fingerprint density at radius 2 is 2.31 bits per heavy atom. The Hall–Kier alpha value is -1.61. The molecule has 0 saturated carbocycles. The van der Waals surface area contributed by atoms with E-state index in [9.17, 15) is 0 Å². The van der Waals surface area contributed by atoms with Crippen molar-refractivity contribution in [2.24, 2.45) is 0 Å². The summed E-state index contributed by atoms with van der Waals surface area (Å²) in [5.74, 6) is 0. The van der Waals surface area contributed by atoms with E-state index in [0.29, 0.717) is 0 Å². The monoisotopic (exact) mass is 228 g/mol. The SMILES string of the molecule is Cc1ccn2cc(Cc3cccs3)nc2c1. The van der Waals surface area contributed by atoms with E-state index in [0.717, 1.165) is 17.8 Å². The lowest BCUT2D eigenvalue weighted by Crippen LogP contribution is -1.82. The maximum Gasteiger partial charge on any atom is 0.137 e. The summed E-state index contributed by atoms with van der Waals surface area (Å²) in [7, 11) is 0. The van der Waals surface area contributed by atoms with Gasteiger partial charge in [0.2, 0.25) is 0 Å². The van der Waals surface area contributed by atoms with Crippen LogP contribution in [0.3, 0.4) is 0 Å². The van der Waals surface area contributed by atoms with Crippen molar-refractivity contribution >= 4 is 17.0 Å². The normalized spacial score (nSPS) is 11.1. The number of rotatable bonds is 2. The van der Waals surface area contributed by atoms with Gasteiger partial charge in [-0.25, -0.2) is 4.98 Å². The van der Waals surface area contributed by atoms with Crippen LogP contribution in [0.15, 0.2) is 42.0 Å². The molecular formula is C13H12N2S. The molecule has 3 aromatic heterocycles. The molecular weight excluding hydrogens is 216 g/mol. The number of aromatic nitrogens is 2. The van der Waals surface area contributed by atoms with Gasteiger partial charge in [-0.3, -0.25) is 0 Å². The van der Waals surface area contributed by atoms with Crippen molar-refractivity contribution in [2.75, 3.05) is 0 Å². The minimum Gasteiger partial charge on any atom is -0.307 e. The first kappa shape index (κ1) is 9.60. The lowest BCUT2D eigenvalue weighted by molar-refractivity contribution is 1.14. The van der Waals surface area contributed by atoms with Gasteiger partial charge in [0.25, 0.3) is 0 Å². The van der Waals surface area contributed by atoms with Gasteiger partial charge in [-0.2, -0.15) is 0 Å². The average Bonchev–Trinajstić information content (AvgIpc) is 2.86. The number of imidazole rings is 1. The third-order valence-electron chi connectivity index (χ3n) is 2.60. The van der Waals surface area contributed by atoms with E-state index in [4.69, 9.17) is 0 Å². The molecule has 0 fully saturated rings. The number of hydrogen-bond donors (Lipinski definition) is 0. The fourth-order valence-electron chi connectivity index (χ4n) is 1.81. The van der Waals surface area contributed by atoms with E-state index in [1.807, 2.05) is 0 Å². The van der Waals surface area contributed by atoms with Crippen molar-refractivity contribution in [1.29, 1.82) is 0 Å². The average molecular weight is 228 g/mol. The Balaban J connectivity index is 1.99. The predicted octanol–water partition coefficient (Wildman–Crippen LogP) is 3.30. The van der Waals surface area contributed by atoms with Crippen LogP contribution >= 0.6 is 11.3 Å². The topological polar surface area (TPSA) is 17.3 Å². The van der Waals surface area contributed by atoms with Gasteiger partial charge in [0.1, 0.15) is 5.65 Å². The summed E-state index contributed by atoms with van der Waals surface area (Å²) in [6, 6.07) is 8.45. The summed E-state index contributed by atoms with van der Waals surface area (Å²) in [6.07, 6.45) is 5.10. The van der Waals surface area contributed by atoms with Crippen LogP contribution in [0.1, 0.15) is 16.1 Å². The highest BCUT2D eigenvalue weighted by atomic mass is 32.1. The second kappa shape index (κ2) is 3.76. The van der Waals surface area contributed by atoms with Gasteiger partial charge in [0.05, 0.1) is 5.69 Å². The molecule has 0 unspecified atom stereocenters. The van der Waals surface area contributed by atoms with Crippen molar-refractivity contribution in [1.82, 2.24) is 9.38 Å². The molecule has 0 radical (unpaired) electrons. The van der Waals surface area contributed by atoms with Gasteiger partial charge >= 0.3 is 0 Å². The molecule has 0 amide bonds. The molecule has 3 heteroatoms. The van der Waals surface area contributed by atoms with E-state index in [-0.39, 0.29) is 0 Å². The molecule has 0 aliphatic carbocycles. The molecule has 0 atom stereocenters. The van der Waals surface area contributed by atoms with Gasteiger partial charge in [-0.05, 0) is 36.1 Å². The number of aryl methyl sites for hydroxylation is 1. The number of thiophene rings is 1. The van der Waals surface area contributed by atoms with E-state index in [2.05, 4.69) is 58.3 Å². The summed E-state index contributed by atoms with van der Waals surface area (Å²) < 4.78 is 2.08. The zero-order valence-corrected chi connectivity index (χ0v) is 9.87. The van der Waals surface area contributed by atoms with E-state index in [1.165, 1.54) is 10.4 Å². The van der Waals surface area contributed by atoms with E-state index < -0.39 is 0 Å². The third-order valence-corrected chi connectivity index (χ3v) is 3.48. The molecule has 0 aliphatic rings. The minimum atomic E-state index is 0.929. The van der Waals surface area contributed by atoms with Crippen molar-refractivity contribution in [3.8, 4) is 0 Å². The van der Waals surface area contributed by atoms with Crippen molar-refractivity contribution in [3.63, 3.8) is 0 Å². The number of hydrogen-bond acceptors (Lipinski definition) is 2. The zero-order valence-electron chi connectivity index (χ0n) is 9.05. The molecule has 3 heterocycles. The van der Waals surface area contributed by atoms with Crippen LogP contribution < -0.4 is 0 Å². The van der Waals surface area contributed by atoms with Crippen LogP contribution in [-0.2, 0) is 6.42 Å². The lowest BCUT2D eigenvalue weighted by atomic mass is 10.3. The first-order valence-corrected chi connectivity index (χ1v) is 6.16. The van der Waals surface area contributed by atoms with Gasteiger partial charge in [-0.15, -0.1) is 11.3 Å². The number of pyridine rings is 1. The smallest absolute Gasteiger partial charge is 0.137 e. The molecule has 0 N–H and O–H groups in total. The quantitative estimate of drug-likeness (QED) is 0.658. The summed E-state index contributed by atoms with van der Waals surface area (Å²) in [4.78, 5) is 5.98. The predicted molar refractivity (Wildman–Crippen MR) is 67.1 cm³/mol. The molecule has 0 saturated heterocycles. The summed E-state index contributed by atoms with van der Waals surface area (Å²) in [5, 5.41) is 2.11. The molecule has 0 aromatic carbocycles. The highest BCUT2D eigenvalue weighted by molar-refractivity contribution is 7.09. The molecule has 0 bridgehead atoms. The molecule has 0 spiro atoms. The Labute approximate surface area is 98.2 Å². The Morgan fingerprint density at radius 3 is 3.12 bits per heavy atom. The van der Waals surface area contributed by atoms with Gasteiger partial charge in [0, 0.05) is 23.7 Å². The molecule has 0 aliphatic heterocycles. The van der Waals surface area contributed by atoms with Gasteiger partial charge in [0.15, 0.2) is 0 Å². The molecule has 2 nitrogen and oxygen atoms in total. The van der Waals surface area contributed by atoms with Crippen molar-refractivity contribution in [3.05, 3.63) is 58.2 Å². The fourth-order valence-corrected chi connectivity index (χ4v) is 2.53. The summed E-state index contributed by atoms with van der Waals surface area (Å²) in [6.45, 7) is 2.09. The molecule has 16 heavy (non-hydrogen) atoms. The Morgan fingerprint density at radius 1 is 1.38 bits per heavy atom. The maximum absolute atomic E-state index is 4.62.